The van der Waals surface area contributed by atoms with Crippen molar-refractivity contribution in [3.05, 3.63) is 34.9 Å². The monoisotopic (exact) mass is 275 g/mol. The molecular formula is C14H17N3O3. The van der Waals surface area contributed by atoms with Crippen molar-refractivity contribution in [2.75, 3.05) is 6.54 Å². The minimum Gasteiger partial charge on any atom is -0.391 e. The molecule has 4 N–H and O–H groups in total. The van der Waals surface area contributed by atoms with Gasteiger partial charge in [-0.25, -0.2) is 0 Å². The number of aliphatic hydroxyl groups excluding tert-OH is 1. The molecular weight excluding hydrogens is 258 g/mol. The van der Waals surface area contributed by atoms with Crippen molar-refractivity contribution in [1.82, 2.24) is 10.2 Å². The maximum atomic E-state index is 12.5. The lowest BCUT2D eigenvalue weighted by Crippen LogP contribution is -2.43. The van der Waals surface area contributed by atoms with Crippen LogP contribution in [0.4, 0.5) is 0 Å². The molecule has 1 aromatic rings. The number of β-amino-alcohol motifs (C(OH)–C–C–N with tert-alkyl or cyclic N) is 1. The summed E-state index contributed by atoms with van der Waals surface area (Å²) in [7, 11) is 0. The van der Waals surface area contributed by atoms with E-state index in [1.165, 1.54) is 10.5 Å². The molecule has 0 spiro atoms. The Labute approximate surface area is 116 Å². The van der Waals surface area contributed by atoms with Crippen LogP contribution in [0.2, 0.25) is 0 Å². The van der Waals surface area contributed by atoms with E-state index >= 15 is 0 Å². The second kappa shape index (κ2) is 4.88. The molecule has 0 aliphatic carbocycles. The first-order valence-corrected chi connectivity index (χ1v) is 6.67. The van der Waals surface area contributed by atoms with Gasteiger partial charge in [0.2, 0.25) is 5.91 Å². The molecule has 3 rings (SSSR count). The number of hydrogen-bond acceptors (Lipinski definition) is 4. The molecule has 2 amide bonds. The van der Waals surface area contributed by atoms with Gasteiger partial charge in [-0.05, 0) is 23.3 Å². The summed E-state index contributed by atoms with van der Waals surface area (Å²) < 4.78 is 0. The predicted octanol–water partition coefficient (Wildman–Crippen LogP) is -0.650. The highest BCUT2D eigenvalue weighted by Crippen LogP contribution is 2.23. The smallest absolute Gasteiger partial charge is 0.254 e. The van der Waals surface area contributed by atoms with Gasteiger partial charge in [0.05, 0.1) is 6.10 Å². The molecule has 20 heavy (non-hydrogen) atoms. The van der Waals surface area contributed by atoms with Crippen LogP contribution in [-0.4, -0.2) is 40.5 Å². The maximum Gasteiger partial charge on any atom is 0.254 e. The van der Waals surface area contributed by atoms with Crippen molar-refractivity contribution in [2.45, 2.75) is 31.7 Å². The Kier molecular flexibility index (Phi) is 3.19. The van der Waals surface area contributed by atoms with Crippen LogP contribution in [0.3, 0.4) is 0 Å². The topological polar surface area (TPSA) is 95.7 Å². The predicted molar refractivity (Wildman–Crippen MR) is 71.6 cm³/mol. The number of fused-ring (bicyclic) bond motifs is 1. The molecule has 0 aromatic heterocycles. The summed E-state index contributed by atoms with van der Waals surface area (Å²) in [6.07, 6.45) is -0.472. The van der Waals surface area contributed by atoms with Crippen molar-refractivity contribution in [3.8, 4) is 0 Å². The van der Waals surface area contributed by atoms with Gasteiger partial charge in [0.15, 0.2) is 0 Å². The minimum atomic E-state index is -0.719. The number of benzene rings is 1. The van der Waals surface area contributed by atoms with Gasteiger partial charge in [0.1, 0.15) is 6.04 Å². The van der Waals surface area contributed by atoms with E-state index in [9.17, 15) is 14.7 Å². The zero-order valence-electron chi connectivity index (χ0n) is 11.0. The fourth-order valence-electron chi connectivity index (χ4n) is 2.90. The highest BCUT2D eigenvalue weighted by atomic mass is 16.3. The van der Waals surface area contributed by atoms with Crippen LogP contribution >= 0.6 is 0 Å². The Bertz CT molecular complexity index is 573. The average molecular weight is 275 g/mol. The molecule has 2 heterocycles. The molecule has 2 aliphatic heterocycles. The number of nitrogens with one attached hydrogen (secondary N) is 1. The van der Waals surface area contributed by atoms with Gasteiger partial charge >= 0.3 is 0 Å². The van der Waals surface area contributed by atoms with Crippen LogP contribution in [0.1, 0.15) is 27.9 Å². The summed E-state index contributed by atoms with van der Waals surface area (Å²) in [5.74, 6) is -0.822. The molecule has 2 atom stereocenters. The van der Waals surface area contributed by atoms with Crippen LogP contribution in [0, 0.1) is 0 Å². The Balaban J connectivity index is 1.86. The third-order valence-corrected chi connectivity index (χ3v) is 3.95. The average Bonchev–Trinajstić information content (AvgIpc) is 3.02. The summed E-state index contributed by atoms with van der Waals surface area (Å²) in [4.78, 5) is 25.3. The first-order valence-electron chi connectivity index (χ1n) is 6.67. The van der Waals surface area contributed by atoms with Gasteiger partial charge in [-0.3, -0.25) is 9.59 Å². The van der Waals surface area contributed by atoms with E-state index < -0.39 is 18.1 Å². The van der Waals surface area contributed by atoms with E-state index in [0.29, 0.717) is 5.56 Å². The molecule has 106 valence electrons. The Morgan fingerprint density at radius 3 is 2.80 bits per heavy atom. The van der Waals surface area contributed by atoms with E-state index in [4.69, 9.17) is 5.73 Å². The number of nitrogens with two attached hydrogens (primary N) is 1. The first kappa shape index (κ1) is 13.1. The summed E-state index contributed by atoms with van der Waals surface area (Å²) in [6, 6.07) is 4.81. The number of aliphatic hydroxyl groups is 1. The Morgan fingerprint density at radius 2 is 2.05 bits per heavy atom. The molecule has 2 unspecified atom stereocenters. The van der Waals surface area contributed by atoms with E-state index in [-0.39, 0.29) is 18.9 Å². The number of rotatable bonds is 2. The van der Waals surface area contributed by atoms with E-state index in [2.05, 4.69) is 5.32 Å². The Hall–Kier alpha value is -1.92. The number of carbonyl (C=O) groups is 2. The second-order valence-corrected chi connectivity index (χ2v) is 5.35. The standard InChI is InChI=1S/C14H17N3O3/c15-13(19)12-4-11(18)7-17(12)14(20)8-1-2-9-5-16-6-10(9)3-8/h1-3,11-12,16,18H,4-7H2,(H2,15,19). The van der Waals surface area contributed by atoms with Crippen molar-refractivity contribution in [2.24, 2.45) is 5.73 Å². The lowest BCUT2D eigenvalue weighted by molar-refractivity contribution is -0.121. The third-order valence-electron chi connectivity index (χ3n) is 3.95. The number of hydrogen-bond donors (Lipinski definition) is 3. The van der Waals surface area contributed by atoms with Gasteiger partial charge in [0, 0.05) is 31.6 Å². The molecule has 1 fully saturated rings. The van der Waals surface area contributed by atoms with Crippen molar-refractivity contribution in [1.29, 1.82) is 0 Å². The number of likely N-dealkylation sites (tertiary alicyclic amines) is 1. The summed E-state index contributed by atoms with van der Waals surface area (Å²) in [6.45, 7) is 1.72. The summed E-state index contributed by atoms with van der Waals surface area (Å²) >= 11 is 0. The zero-order chi connectivity index (χ0) is 14.3. The summed E-state index contributed by atoms with van der Waals surface area (Å²) in [5.41, 5.74) is 8.13. The quantitative estimate of drug-likeness (QED) is 0.668. The lowest BCUT2D eigenvalue weighted by atomic mass is 10.1. The highest BCUT2D eigenvalue weighted by Gasteiger charge is 2.38. The Morgan fingerprint density at radius 1 is 1.30 bits per heavy atom. The van der Waals surface area contributed by atoms with Gasteiger partial charge in [-0.1, -0.05) is 6.07 Å². The molecule has 6 heteroatoms. The maximum absolute atomic E-state index is 12.5. The summed E-state index contributed by atoms with van der Waals surface area (Å²) in [5, 5.41) is 12.9. The van der Waals surface area contributed by atoms with Crippen molar-refractivity contribution in [3.63, 3.8) is 0 Å². The number of nitrogens with zero attached hydrogens (tertiary/aromatic N) is 1. The van der Waals surface area contributed by atoms with Gasteiger partial charge < -0.3 is 21.1 Å². The molecule has 1 saturated heterocycles. The number of amides is 2. The molecule has 0 saturated carbocycles. The lowest BCUT2D eigenvalue weighted by Gasteiger charge is -2.22. The first-order chi connectivity index (χ1) is 9.56. The van der Waals surface area contributed by atoms with E-state index in [1.807, 2.05) is 12.1 Å². The zero-order valence-corrected chi connectivity index (χ0v) is 11.0. The number of carbonyl (C=O) groups excluding carboxylic acids is 2. The van der Waals surface area contributed by atoms with Crippen molar-refractivity contribution < 1.29 is 14.7 Å². The second-order valence-electron chi connectivity index (χ2n) is 5.35. The van der Waals surface area contributed by atoms with Gasteiger partial charge in [-0.2, -0.15) is 0 Å². The van der Waals surface area contributed by atoms with Crippen LogP contribution in [-0.2, 0) is 17.9 Å². The van der Waals surface area contributed by atoms with Crippen LogP contribution < -0.4 is 11.1 Å². The molecule has 1 aromatic carbocycles. The van der Waals surface area contributed by atoms with Crippen LogP contribution in [0.15, 0.2) is 18.2 Å². The minimum absolute atomic E-state index is 0.155. The fraction of sp³-hybridized carbons (Fsp3) is 0.429. The highest BCUT2D eigenvalue weighted by molar-refractivity contribution is 5.98. The van der Waals surface area contributed by atoms with Gasteiger partial charge in [-0.15, -0.1) is 0 Å². The largest absolute Gasteiger partial charge is 0.391 e. The van der Waals surface area contributed by atoms with Gasteiger partial charge in [0.25, 0.3) is 5.91 Å². The van der Waals surface area contributed by atoms with E-state index in [0.717, 1.165) is 18.7 Å². The third kappa shape index (κ3) is 2.17. The SMILES string of the molecule is NC(=O)C1CC(O)CN1C(=O)c1ccc2c(c1)CNC2. The molecule has 0 radical (unpaired) electrons. The van der Waals surface area contributed by atoms with E-state index in [1.54, 1.807) is 6.07 Å². The molecule has 0 bridgehead atoms. The molecule has 6 nitrogen and oxygen atoms in total. The molecule has 2 aliphatic rings. The normalized spacial score (nSPS) is 24.8. The van der Waals surface area contributed by atoms with Crippen LogP contribution in [0.5, 0.6) is 0 Å². The fourth-order valence-corrected chi connectivity index (χ4v) is 2.90. The van der Waals surface area contributed by atoms with Crippen molar-refractivity contribution >= 4 is 11.8 Å². The number of primary amides is 1. The van der Waals surface area contributed by atoms with Crippen LogP contribution in [0.25, 0.3) is 0 Å².